The van der Waals surface area contributed by atoms with E-state index in [4.69, 9.17) is 51.6 Å². The monoisotopic (exact) mass is 1210 g/mol. The van der Waals surface area contributed by atoms with Crippen LogP contribution >= 0.6 is 69.4 Å². The molecule has 0 radical (unpaired) electrons. The van der Waals surface area contributed by atoms with Gasteiger partial charge in [-0.3, -0.25) is 18.7 Å². The number of alkyl halides is 4. The predicted molar refractivity (Wildman–Crippen MR) is 298 cm³/mol. The number of para-hydroxylation sites is 2. The van der Waals surface area contributed by atoms with Crippen molar-refractivity contribution in [1.29, 1.82) is 0 Å². The maximum atomic E-state index is 14.2. The summed E-state index contributed by atoms with van der Waals surface area (Å²) in [5.74, 6) is 1.47. The number of ether oxygens (including phenoxy) is 6. The predicted octanol–water partition coefficient (Wildman–Crippen LogP) is 13.1. The highest BCUT2D eigenvalue weighted by atomic mass is 35.5. The van der Waals surface area contributed by atoms with E-state index >= 15 is 0 Å². The first kappa shape index (κ1) is 58.2. The molecule has 0 aliphatic carbocycles. The van der Waals surface area contributed by atoms with Crippen LogP contribution in [-0.2, 0) is 44.7 Å². The number of nitrogens with zero attached hydrogens (tertiary/aromatic N) is 8. The van der Waals surface area contributed by atoms with Gasteiger partial charge < -0.3 is 28.4 Å². The number of hydrogen-bond acceptors (Lipinski definition) is 18. The zero-order valence-electron chi connectivity index (χ0n) is 43.5. The molecule has 0 fully saturated rings. The van der Waals surface area contributed by atoms with Crippen molar-refractivity contribution < 1.29 is 55.6 Å². The van der Waals surface area contributed by atoms with Gasteiger partial charge in [0, 0.05) is 56.2 Å². The van der Waals surface area contributed by atoms with Crippen LogP contribution in [0.4, 0.5) is 17.6 Å². The summed E-state index contributed by atoms with van der Waals surface area (Å²) in [6, 6.07) is 21.5. The number of aryl methyl sites for hydroxylation is 2. The summed E-state index contributed by atoms with van der Waals surface area (Å²) in [4.78, 5) is 34.2. The average molecular weight is 1210 g/mol. The molecule has 420 valence electrons. The molecule has 0 amide bonds. The highest BCUT2D eigenvalue weighted by Gasteiger charge is 2.39. The van der Waals surface area contributed by atoms with Crippen molar-refractivity contribution in [2.45, 2.75) is 72.4 Å². The lowest BCUT2D eigenvalue weighted by Gasteiger charge is -2.23. The molecule has 16 nitrogen and oxygen atoms in total. The van der Waals surface area contributed by atoms with Crippen molar-refractivity contribution in [3.05, 3.63) is 161 Å². The van der Waals surface area contributed by atoms with Gasteiger partial charge in [0.1, 0.15) is 0 Å². The highest BCUT2D eigenvalue weighted by Crippen LogP contribution is 2.56. The minimum Gasteiger partial charge on any atom is -0.493 e. The third-order valence-corrected chi connectivity index (χ3v) is 18.6. The molecular formula is C54H50Cl2F4N8O8S4. The van der Waals surface area contributed by atoms with E-state index in [0.717, 1.165) is 30.9 Å². The van der Waals surface area contributed by atoms with Crippen LogP contribution < -0.4 is 18.9 Å². The van der Waals surface area contributed by atoms with Crippen molar-refractivity contribution in [3.63, 3.8) is 0 Å². The minimum absolute atomic E-state index is 0.246. The number of esters is 2. The first-order chi connectivity index (χ1) is 38.7. The van der Waals surface area contributed by atoms with Crippen LogP contribution in [0.1, 0.15) is 112 Å². The van der Waals surface area contributed by atoms with Crippen molar-refractivity contribution in [2.24, 2.45) is 0 Å². The number of carbonyl (C=O) groups is 2. The number of halogens is 6. The summed E-state index contributed by atoms with van der Waals surface area (Å²) < 4.78 is 91.9. The summed E-state index contributed by atoms with van der Waals surface area (Å²) in [6.07, 6.45) is 0.0767. The molecule has 0 unspecified atom stereocenters. The lowest BCUT2D eigenvalue weighted by Crippen LogP contribution is -2.09. The van der Waals surface area contributed by atoms with E-state index in [0.29, 0.717) is 92.9 Å². The van der Waals surface area contributed by atoms with Crippen LogP contribution in [0.2, 0.25) is 10.0 Å². The quantitative estimate of drug-likeness (QED) is 0.0585. The Bertz CT molecular complexity index is 3290. The smallest absolute Gasteiger partial charge is 0.305 e. The lowest BCUT2D eigenvalue weighted by molar-refractivity contribution is -0.141. The second-order valence-corrected chi connectivity index (χ2v) is 23.6. The van der Waals surface area contributed by atoms with Gasteiger partial charge in [0.25, 0.3) is 12.9 Å². The molecule has 2 aliphatic rings. The average Bonchev–Trinajstić information content (AvgIpc) is 4.47. The van der Waals surface area contributed by atoms with Crippen molar-refractivity contribution >= 4 is 81.3 Å². The van der Waals surface area contributed by atoms with Crippen molar-refractivity contribution in [2.75, 3.05) is 42.7 Å². The normalized spacial score (nSPS) is 16.3. The van der Waals surface area contributed by atoms with Gasteiger partial charge in [0.15, 0.2) is 34.6 Å². The molecule has 0 N–H and O–H groups in total. The Kier molecular flexibility index (Phi) is 18.9. The third kappa shape index (κ3) is 12.4. The van der Waals surface area contributed by atoms with Gasteiger partial charge in [0.05, 0.1) is 97.9 Å². The number of aromatic nitrogens is 8. The largest absolute Gasteiger partial charge is 0.493 e. The first-order valence-corrected chi connectivity index (χ1v) is 28.8. The van der Waals surface area contributed by atoms with Crippen LogP contribution in [0, 0.1) is 0 Å². The van der Waals surface area contributed by atoms with Gasteiger partial charge in [-0.25, -0.2) is 27.5 Å². The molecule has 0 saturated carbocycles. The van der Waals surface area contributed by atoms with E-state index in [1.807, 2.05) is 24.3 Å². The topological polar surface area (TPSA) is 177 Å². The van der Waals surface area contributed by atoms with E-state index < -0.39 is 35.0 Å². The molecule has 80 heavy (non-hydrogen) atoms. The van der Waals surface area contributed by atoms with Crippen LogP contribution in [0.15, 0.2) is 85.2 Å². The number of thiazole rings is 2. The number of fused-ring (bicyclic) bond motifs is 6. The number of thioether (sulfide) groups is 2. The van der Waals surface area contributed by atoms with Crippen LogP contribution in [0.25, 0.3) is 11.4 Å². The molecule has 0 spiro atoms. The van der Waals surface area contributed by atoms with Gasteiger partial charge in [-0.15, -0.1) is 66.6 Å². The number of benzene rings is 4. The van der Waals surface area contributed by atoms with Gasteiger partial charge in [-0.1, -0.05) is 47.5 Å². The number of methoxy groups -OCH3 is 6. The molecule has 4 atom stereocenters. The summed E-state index contributed by atoms with van der Waals surface area (Å²) in [5, 5.41) is 17.2. The molecule has 26 heteroatoms. The lowest BCUT2D eigenvalue weighted by atomic mass is 10.0. The Morgan fingerprint density at radius 3 is 1.34 bits per heavy atom. The second kappa shape index (κ2) is 26.0. The minimum atomic E-state index is -2.84. The maximum Gasteiger partial charge on any atom is 0.305 e. The fourth-order valence-electron chi connectivity index (χ4n) is 9.37. The molecule has 8 aromatic rings. The van der Waals surface area contributed by atoms with E-state index in [-0.39, 0.29) is 35.3 Å². The second-order valence-electron chi connectivity index (χ2n) is 17.7. The van der Waals surface area contributed by atoms with Crippen LogP contribution in [0.3, 0.4) is 0 Å². The molecule has 6 heterocycles. The molecule has 0 bridgehead atoms. The van der Waals surface area contributed by atoms with Gasteiger partial charge in [-0.05, 0) is 72.5 Å². The van der Waals surface area contributed by atoms with E-state index in [1.165, 1.54) is 69.6 Å². The summed E-state index contributed by atoms with van der Waals surface area (Å²) in [5.41, 5.74) is 4.07. The summed E-state index contributed by atoms with van der Waals surface area (Å²) >= 11 is 18.9. The molecular weight excluding hydrogens is 1160 g/mol. The highest BCUT2D eigenvalue weighted by molar-refractivity contribution is 8.00. The van der Waals surface area contributed by atoms with Gasteiger partial charge in [0.2, 0.25) is 11.6 Å². The summed E-state index contributed by atoms with van der Waals surface area (Å²) in [7, 11) is 8.96. The van der Waals surface area contributed by atoms with Crippen molar-refractivity contribution in [3.8, 4) is 34.4 Å². The van der Waals surface area contributed by atoms with E-state index in [1.54, 1.807) is 89.4 Å². The third-order valence-electron chi connectivity index (χ3n) is 13.0. The van der Waals surface area contributed by atoms with E-state index in [9.17, 15) is 27.2 Å². The molecule has 4 aromatic carbocycles. The maximum absolute atomic E-state index is 14.2. The standard InChI is InChI=1S/2C27H25ClF2N4O4S2/c2*1-36-19-6-4-5-16(23(19)38-3)24-17-11-14(28)7-9-18(17)34-26(32-33-27(34)25(29)30)20(40-24)12-21-31-13-15(39-21)8-10-22(35)37-2/h2*4-7,9,11,13,20,24-25H,8,10,12H2,1-3H3/t2*20-,24-/m10/s1. The Morgan fingerprint density at radius 2 is 0.975 bits per heavy atom. The number of carbonyl (C=O) groups excluding carboxylic acids is 2. The molecule has 0 saturated heterocycles. The Morgan fingerprint density at radius 1 is 0.562 bits per heavy atom. The molecule has 10 rings (SSSR count). The fourth-order valence-corrected chi connectivity index (χ4v) is 14.9. The zero-order chi connectivity index (χ0) is 56.8. The van der Waals surface area contributed by atoms with Gasteiger partial charge >= 0.3 is 11.9 Å². The number of rotatable bonds is 18. The zero-order valence-corrected chi connectivity index (χ0v) is 48.3. The van der Waals surface area contributed by atoms with Crippen molar-refractivity contribution in [1.82, 2.24) is 39.5 Å². The summed E-state index contributed by atoms with van der Waals surface area (Å²) in [6.45, 7) is 0. The number of hydrogen-bond donors (Lipinski definition) is 0. The Labute approximate surface area is 483 Å². The van der Waals surface area contributed by atoms with Gasteiger partial charge in [-0.2, -0.15) is 0 Å². The Hall–Kier alpha value is -6.44. The molecule has 2 aliphatic heterocycles. The van der Waals surface area contributed by atoms with Crippen LogP contribution in [0.5, 0.6) is 23.0 Å². The first-order valence-electron chi connectivity index (χ1n) is 24.5. The molecule has 4 aromatic heterocycles. The SMILES string of the molecule is COC(=O)CCc1cnc(C[C@@H]2S[C@@H](c3cccc(OC)c3OC)c3cc(Cl)ccc3-n3c(C(F)F)nnc32)s1.COC(=O)CCc1cnc(C[C@H]2S[C@H](c3cccc(OC)c3OC)c3cc(Cl)ccc3-n3c(C(F)F)nnc32)s1. The van der Waals surface area contributed by atoms with Crippen LogP contribution in [-0.4, -0.2) is 94.1 Å². The Balaban J connectivity index is 0.000000194. The van der Waals surface area contributed by atoms with E-state index in [2.05, 4.69) is 30.4 Å². The fraction of sp³-hybridized carbons (Fsp3) is 0.333.